The predicted molar refractivity (Wildman–Crippen MR) is 158 cm³/mol. The zero-order valence-corrected chi connectivity index (χ0v) is 22.9. The van der Waals surface area contributed by atoms with Gasteiger partial charge in [0.25, 0.3) is 11.8 Å². The highest BCUT2D eigenvalue weighted by Crippen LogP contribution is 2.25. The first kappa shape index (κ1) is 27.9. The molecule has 4 aromatic carbocycles. The summed E-state index contributed by atoms with van der Waals surface area (Å²) in [6.45, 7) is 6.15. The Balaban J connectivity index is 1.40. The first-order valence-corrected chi connectivity index (χ1v) is 12.7. The van der Waals surface area contributed by atoms with Crippen LogP contribution in [0.3, 0.4) is 0 Å². The topological polar surface area (TPSA) is 115 Å². The zero-order valence-electron chi connectivity index (χ0n) is 22.9. The van der Waals surface area contributed by atoms with Crippen LogP contribution in [0, 0.1) is 20.8 Å². The van der Waals surface area contributed by atoms with E-state index in [2.05, 4.69) is 15.6 Å². The zero-order chi connectivity index (χ0) is 28.6. The number of hydrogen-bond acceptors (Lipinski definition) is 5. The van der Waals surface area contributed by atoms with Crippen LogP contribution in [0.2, 0.25) is 0 Å². The molecular weight excluding hydrogens is 504 g/mol. The number of ether oxygens (including phenoxy) is 2. The lowest BCUT2D eigenvalue weighted by Gasteiger charge is -2.12. The molecule has 0 saturated carbocycles. The number of anilines is 1. The van der Waals surface area contributed by atoms with Crippen LogP contribution in [0.25, 0.3) is 0 Å². The maximum absolute atomic E-state index is 12.9. The summed E-state index contributed by atoms with van der Waals surface area (Å²) in [6.07, 6.45) is 0. The maximum atomic E-state index is 12.9. The van der Waals surface area contributed by atoms with Gasteiger partial charge in [0.1, 0.15) is 18.1 Å². The second-order valence-electron chi connectivity index (χ2n) is 9.32. The second-order valence-corrected chi connectivity index (χ2v) is 9.32. The molecule has 4 rings (SSSR count). The van der Waals surface area contributed by atoms with Gasteiger partial charge in [-0.1, -0.05) is 36.4 Å². The molecule has 8 nitrogen and oxygen atoms in total. The Hall–Kier alpha value is -5.11. The standard InChI is InChI=1S/C32H32N4O4/c1-20-10-13-26(34-32(33)36-31(38)25-16-21(2)22(3)29(17-25)39-4)18-28(20)35-30(37)24-11-14-27(15-12-24)40-19-23-8-6-5-7-9-23/h5-18H,19H2,1-4H3,(H,35,37)(H3,33,34,36,38). The number of hydrogen-bond donors (Lipinski definition) is 3. The quantitative estimate of drug-likeness (QED) is 0.194. The highest BCUT2D eigenvalue weighted by Gasteiger charge is 2.13. The smallest absolute Gasteiger partial charge is 0.258 e. The SMILES string of the molecule is COc1cc(C(=O)NC(N)=Nc2ccc(C)c(NC(=O)c3ccc(OCc4ccccc4)cc3)c2)cc(C)c1C. The molecule has 0 aliphatic carbocycles. The van der Waals surface area contributed by atoms with E-state index in [4.69, 9.17) is 15.2 Å². The molecule has 0 spiro atoms. The Morgan fingerprint density at radius 2 is 1.55 bits per heavy atom. The minimum Gasteiger partial charge on any atom is -0.496 e. The van der Waals surface area contributed by atoms with Gasteiger partial charge in [-0.15, -0.1) is 0 Å². The monoisotopic (exact) mass is 536 g/mol. The number of amides is 2. The number of guanidine groups is 1. The fourth-order valence-electron chi connectivity index (χ4n) is 3.98. The molecule has 0 aromatic heterocycles. The van der Waals surface area contributed by atoms with Crippen molar-refractivity contribution in [2.75, 3.05) is 12.4 Å². The van der Waals surface area contributed by atoms with E-state index >= 15 is 0 Å². The van der Waals surface area contributed by atoms with Gasteiger partial charge in [-0.05, 0) is 91.6 Å². The van der Waals surface area contributed by atoms with Gasteiger partial charge in [-0.2, -0.15) is 0 Å². The average molecular weight is 537 g/mol. The number of nitrogens with zero attached hydrogens (tertiary/aromatic N) is 1. The number of aliphatic imine (C=N–C) groups is 1. The number of aryl methyl sites for hydroxylation is 2. The van der Waals surface area contributed by atoms with Crippen LogP contribution in [0.15, 0.2) is 89.9 Å². The number of nitrogens with one attached hydrogen (secondary N) is 2. The normalized spacial score (nSPS) is 11.1. The summed E-state index contributed by atoms with van der Waals surface area (Å²) < 4.78 is 11.2. The Bertz CT molecular complexity index is 1550. The van der Waals surface area contributed by atoms with Crippen molar-refractivity contribution < 1.29 is 19.1 Å². The minimum absolute atomic E-state index is 0.0746. The van der Waals surface area contributed by atoms with Crippen molar-refractivity contribution in [3.05, 3.63) is 118 Å². The van der Waals surface area contributed by atoms with Crippen LogP contribution in [-0.2, 0) is 6.61 Å². The van der Waals surface area contributed by atoms with Gasteiger partial charge >= 0.3 is 0 Å². The van der Waals surface area contributed by atoms with Crippen LogP contribution >= 0.6 is 0 Å². The predicted octanol–water partition coefficient (Wildman–Crippen LogP) is 5.83. The molecule has 204 valence electrons. The lowest BCUT2D eigenvalue weighted by molar-refractivity contribution is 0.0975. The molecule has 0 fully saturated rings. The van der Waals surface area contributed by atoms with Crippen LogP contribution in [-0.4, -0.2) is 24.9 Å². The third-order valence-electron chi connectivity index (χ3n) is 6.43. The van der Waals surface area contributed by atoms with Gasteiger partial charge in [0.15, 0.2) is 0 Å². The number of benzene rings is 4. The molecule has 0 bridgehead atoms. The first-order valence-electron chi connectivity index (χ1n) is 12.7. The highest BCUT2D eigenvalue weighted by atomic mass is 16.5. The molecule has 0 heterocycles. The summed E-state index contributed by atoms with van der Waals surface area (Å²) in [4.78, 5) is 30.0. The Morgan fingerprint density at radius 1 is 0.825 bits per heavy atom. The molecular formula is C32H32N4O4. The van der Waals surface area contributed by atoms with Crippen LogP contribution < -0.4 is 25.8 Å². The maximum Gasteiger partial charge on any atom is 0.258 e. The molecule has 8 heteroatoms. The van der Waals surface area contributed by atoms with E-state index in [1.54, 1.807) is 55.6 Å². The summed E-state index contributed by atoms with van der Waals surface area (Å²) in [5, 5.41) is 5.52. The van der Waals surface area contributed by atoms with E-state index in [1.165, 1.54) is 0 Å². The molecule has 0 radical (unpaired) electrons. The number of rotatable bonds is 8. The molecule has 0 atom stereocenters. The van der Waals surface area contributed by atoms with Crippen LogP contribution in [0.5, 0.6) is 11.5 Å². The third kappa shape index (κ3) is 7.05. The van der Waals surface area contributed by atoms with E-state index in [-0.39, 0.29) is 11.9 Å². The summed E-state index contributed by atoms with van der Waals surface area (Å²) in [6, 6.07) is 25.5. The van der Waals surface area contributed by atoms with E-state index in [0.29, 0.717) is 40.6 Å². The molecule has 0 saturated heterocycles. The largest absolute Gasteiger partial charge is 0.496 e. The van der Waals surface area contributed by atoms with Crippen LogP contribution in [0.1, 0.15) is 43.0 Å². The van der Waals surface area contributed by atoms with Crippen molar-refractivity contribution in [1.82, 2.24) is 5.32 Å². The lowest BCUT2D eigenvalue weighted by atomic mass is 10.0. The summed E-state index contributed by atoms with van der Waals surface area (Å²) >= 11 is 0. The molecule has 0 unspecified atom stereocenters. The van der Waals surface area contributed by atoms with Crippen molar-refractivity contribution in [2.24, 2.45) is 10.7 Å². The lowest BCUT2D eigenvalue weighted by Crippen LogP contribution is -2.36. The Morgan fingerprint density at radius 3 is 2.25 bits per heavy atom. The van der Waals surface area contributed by atoms with E-state index in [9.17, 15) is 9.59 Å². The fourth-order valence-corrected chi connectivity index (χ4v) is 3.98. The highest BCUT2D eigenvalue weighted by molar-refractivity contribution is 6.07. The van der Waals surface area contributed by atoms with Crippen molar-refractivity contribution in [1.29, 1.82) is 0 Å². The molecule has 4 aromatic rings. The van der Waals surface area contributed by atoms with Crippen molar-refractivity contribution >= 4 is 29.1 Å². The summed E-state index contributed by atoms with van der Waals surface area (Å²) in [5.41, 5.74) is 11.8. The second kappa shape index (κ2) is 12.6. The number of carbonyl (C=O) groups is 2. The number of nitrogens with two attached hydrogens (primary N) is 1. The molecule has 40 heavy (non-hydrogen) atoms. The van der Waals surface area contributed by atoms with Gasteiger partial charge in [0.2, 0.25) is 5.96 Å². The molecule has 4 N–H and O–H groups in total. The van der Waals surface area contributed by atoms with Gasteiger partial charge in [0, 0.05) is 16.8 Å². The molecule has 0 aliphatic rings. The number of carbonyl (C=O) groups excluding carboxylic acids is 2. The van der Waals surface area contributed by atoms with Crippen molar-refractivity contribution in [3.63, 3.8) is 0 Å². The van der Waals surface area contributed by atoms with Gasteiger partial charge in [-0.25, -0.2) is 4.99 Å². The van der Waals surface area contributed by atoms with Gasteiger partial charge in [-0.3, -0.25) is 14.9 Å². The van der Waals surface area contributed by atoms with E-state index in [0.717, 1.165) is 22.3 Å². The number of methoxy groups -OCH3 is 1. The summed E-state index contributed by atoms with van der Waals surface area (Å²) in [7, 11) is 1.56. The fraction of sp³-hybridized carbons (Fsp3) is 0.156. The van der Waals surface area contributed by atoms with Gasteiger partial charge < -0.3 is 20.5 Å². The Kier molecular flexibility index (Phi) is 8.81. The first-order chi connectivity index (χ1) is 19.2. The van der Waals surface area contributed by atoms with Gasteiger partial charge in [0.05, 0.1) is 12.8 Å². The average Bonchev–Trinajstić information content (AvgIpc) is 2.95. The minimum atomic E-state index is -0.403. The van der Waals surface area contributed by atoms with E-state index < -0.39 is 5.91 Å². The Labute approximate surface area is 233 Å². The van der Waals surface area contributed by atoms with Crippen LogP contribution in [0.4, 0.5) is 11.4 Å². The van der Waals surface area contributed by atoms with Crippen molar-refractivity contribution in [2.45, 2.75) is 27.4 Å². The van der Waals surface area contributed by atoms with Crippen molar-refractivity contribution in [3.8, 4) is 11.5 Å². The summed E-state index contributed by atoms with van der Waals surface area (Å²) in [5.74, 6) is 0.538. The molecule has 0 aliphatic heterocycles. The molecule has 2 amide bonds. The third-order valence-corrected chi connectivity index (χ3v) is 6.43. The van der Waals surface area contributed by atoms with E-state index in [1.807, 2.05) is 57.2 Å².